The van der Waals surface area contributed by atoms with Crippen LogP contribution in [0.3, 0.4) is 0 Å². The fourth-order valence-electron chi connectivity index (χ4n) is 1.87. The summed E-state index contributed by atoms with van der Waals surface area (Å²) in [6.07, 6.45) is -4.83. The first-order valence-corrected chi connectivity index (χ1v) is 6.09. The molecule has 1 N–H and O–H groups in total. The molecule has 2 heterocycles. The Balaban J connectivity index is 1.70. The number of aromatic nitrogens is 2. The molecule has 9 heteroatoms. The number of likely N-dealkylation sites (tertiary alicyclic amines) is 1. The smallest absolute Gasteiger partial charge is 0.380 e. The summed E-state index contributed by atoms with van der Waals surface area (Å²) in [6.45, 7) is 2.78. The van der Waals surface area contributed by atoms with Gasteiger partial charge in [0, 0.05) is 19.6 Å². The molecule has 1 fully saturated rings. The zero-order valence-electron chi connectivity index (χ0n) is 11.1. The minimum Gasteiger partial charge on any atom is -0.380 e. The lowest BCUT2D eigenvalue weighted by molar-refractivity contribution is -0.263. The Kier molecular flexibility index (Phi) is 4.03. The van der Waals surface area contributed by atoms with Crippen LogP contribution in [0.4, 0.5) is 13.2 Å². The monoisotopic (exact) mass is 295 g/mol. The second kappa shape index (κ2) is 5.30. The quantitative estimate of drug-likeness (QED) is 0.870. The minimum atomic E-state index is -4.64. The van der Waals surface area contributed by atoms with Gasteiger partial charge in [0.05, 0.1) is 6.10 Å². The van der Waals surface area contributed by atoms with Gasteiger partial charge in [0.1, 0.15) is 6.61 Å². The molecule has 1 aromatic heterocycles. The van der Waals surface area contributed by atoms with Crippen LogP contribution in [0.1, 0.15) is 18.6 Å². The van der Waals surface area contributed by atoms with E-state index in [1.165, 1.54) is 4.90 Å². The highest BCUT2D eigenvalue weighted by molar-refractivity contribution is 4.91. The second-order valence-corrected chi connectivity index (χ2v) is 5.13. The van der Waals surface area contributed by atoms with Gasteiger partial charge in [0.15, 0.2) is 11.4 Å². The molecule has 0 aliphatic carbocycles. The van der Waals surface area contributed by atoms with Crippen LogP contribution in [-0.4, -0.2) is 57.7 Å². The molecular weight excluding hydrogens is 279 g/mol. The van der Waals surface area contributed by atoms with E-state index in [9.17, 15) is 18.3 Å². The van der Waals surface area contributed by atoms with E-state index in [1.54, 1.807) is 6.92 Å². The van der Waals surface area contributed by atoms with Crippen LogP contribution in [0.2, 0.25) is 0 Å². The highest BCUT2D eigenvalue weighted by atomic mass is 19.4. The summed E-state index contributed by atoms with van der Waals surface area (Å²) >= 11 is 0. The Morgan fingerprint density at radius 3 is 2.60 bits per heavy atom. The lowest BCUT2D eigenvalue weighted by Crippen LogP contribution is -2.60. The van der Waals surface area contributed by atoms with Gasteiger partial charge in [-0.2, -0.15) is 18.2 Å². The molecule has 1 atom stereocenters. The topological polar surface area (TPSA) is 71.6 Å². The summed E-state index contributed by atoms with van der Waals surface area (Å²) < 4.78 is 47.7. The lowest BCUT2D eigenvalue weighted by Gasteiger charge is -2.42. The normalized spacial score (nSPS) is 20.7. The van der Waals surface area contributed by atoms with E-state index >= 15 is 0 Å². The van der Waals surface area contributed by atoms with E-state index in [1.807, 2.05) is 0 Å². The van der Waals surface area contributed by atoms with Crippen molar-refractivity contribution in [2.45, 2.75) is 38.3 Å². The predicted molar refractivity (Wildman–Crippen MR) is 60.7 cm³/mol. The van der Waals surface area contributed by atoms with Crippen molar-refractivity contribution in [2.24, 2.45) is 0 Å². The zero-order valence-corrected chi connectivity index (χ0v) is 11.1. The van der Waals surface area contributed by atoms with Gasteiger partial charge in [-0.25, -0.2) is 0 Å². The van der Waals surface area contributed by atoms with Crippen molar-refractivity contribution in [3.8, 4) is 0 Å². The number of alkyl halides is 3. The van der Waals surface area contributed by atoms with E-state index in [4.69, 9.17) is 9.26 Å². The zero-order chi connectivity index (χ0) is 15.0. The first kappa shape index (κ1) is 15.2. The average molecular weight is 295 g/mol. The van der Waals surface area contributed by atoms with Crippen LogP contribution in [0, 0.1) is 6.92 Å². The Hall–Kier alpha value is -1.19. The largest absolute Gasteiger partial charge is 0.418 e. The van der Waals surface area contributed by atoms with E-state index in [0.717, 1.165) is 6.92 Å². The van der Waals surface area contributed by atoms with Gasteiger partial charge in [0.25, 0.3) is 5.89 Å². The van der Waals surface area contributed by atoms with Crippen molar-refractivity contribution >= 4 is 0 Å². The molecule has 1 aliphatic heterocycles. The van der Waals surface area contributed by atoms with Gasteiger partial charge in [0.2, 0.25) is 0 Å². The van der Waals surface area contributed by atoms with E-state index in [-0.39, 0.29) is 12.7 Å². The van der Waals surface area contributed by atoms with E-state index < -0.39 is 18.3 Å². The third-order valence-corrected chi connectivity index (χ3v) is 3.08. The standard InChI is InChI=1S/C11H16F3N3O3/c1-7-15-9(20-16-7)5-19-8-3-17(4-8)6-10(2,18)11(12,13)14/h8,18H,3-6H2,1-2H3. The van der Waals surface area contributed by atoms with Gasteiger partial charge in [-0.3, -0.25) is 4.90 Å². The maximum absolute atomic E-state index is 12.5. The van der Waals surface area contributed by atoms with Crippen molar-refractivity contribution in [1.82, 2.24) is 15.0 Å². The molecule has 0 amide bonds. The number of aliphatic hydroxyl groups is 1. The average Bonchev–Trinajstić information content (AvgIpc) is 2.65. The summed E-state index contributed by atoms with van der Waals surface area (Å²) in [6, 6.07) is 0. The maximum atomic E-state index is 12.5. The van der Waals surface area contributed by atoms with Crippen molar-refractivity contribution < 1.29 is 27.5 Å². The summed E-state index contributed by atoms with van der Waals surface area (Å²) in [7, 11) is 0. The molecule has 6 nitrogen and oxygen atoms in total. The summed E-state index contributed by atoms with van der Waals surface area (Å²) in [4.78, 5) is 5.43. The molecule has 20 heavy (non-hydrogen) atoms. The van der Waals surface area contributed by atoms with Gasteiger partial charge >= 0.3 is 6.18 Å². The highest BCUT2D eigenvalue weighted by Crippen LogP contribution is 2.31. The molecule has 0 spiro atoms. The van der Waals surface area contributed by atoms with Gasteiger partial charge in [-0.15, -0.1) is 0 Å². The van der Waals surface area contributed by atoms with E-state index in [0.29, 0.717) is 24.8 Å². The van der Waals surface area contributed by atoms with Gasteiger partial charge < -0.3 is 14.4 Å². The molecule has 0 aromatic carbocycles. The van der Waals surface area contributed by atoms with Crippen LogP contribution < -0.4 is 0 Å². The number of hydrogen-bond donors (Lipinski definition) is 1. The molecule has 0 radical (unpaired) electrons. The Labute approximate surface area is 113 Å². The number of nitrogens with zero attached hydrogens (tertiary/aromatic N) is 3. The van der Waals surface area contributed by atoms with Crippen LogP contribution in [0.15, 0.2) is 4.52 Å². The summed E-state index contributed by atoms with van der Waals surface area (Å²) in [5, 5.41) is 12.9. The number of ether oxygens (including phenoxy) is 1. The fourth-order valence-corrected chi connectivity index (χ4v) is 1.87. The summed E-state index contributed by atoms with van der Waals surface area (Å²) in [5.74, 6) is 0.836. The number of hydrogen-bond acceptors (Lipinski definition) is 6. The van der Waals surface area contributed by atoms with Crippen LogP contribution >= 0.6 is 0 Å². The van der Waals surface area contributed by atoms with Gasteiger partial charge in [-0.1, -0.05) is 5.16 Å². The molecule has 1 saturated heterocycles. The Morgan fingerprint density at radius 1 is 1.45 bits per heavy atom. The summed E-state index contributed by atoms with van der Waals surface area (Å²) in [5.41, 5.74) is -2.71. The maximum Gasteiger partial charge on any atom is 0.418 e. The number of halogens is 3. The Morgan fingerprint density at radius 2 is 2.10 bits per heavy atom. The van der Waals surface area contributed by atoms with Crippen LogP contribution in [-0.2, 0) is 11.3 Å². The number of β-amino-alcohol motifs (C(OH)–C–C–N with tert-alkyl or cyclic N) is 1. The predicted octanol–water partition coefficient (Wildman–Crippen LogP) is 0.892. The van der Waals surface area contributed by atoms with Crippen molar-refractivity contribution in [3.05, 3.63) is 11.7 Å². The first-order chi connectivity index (χ1) is 9.17. The fraction of sp³-hybridized carbons (Fsp3) is 0.818. The Bertz CT molecular complexity index is 455. The number of aryl methyl sites for hydroxylation is 1. The van der Waals surface area contributed by atoms with Crippen LogP contribution in [0.25, 0.3) is 0 Å². The highest BCUT2D eigenvalue weighted by Gasteiger charge is 2.51. The molecule has 0 saturated carbocycles. The molecule has 1 unspecified atom stereocenters. The third-order valence-electron chi connectivity index (χ3n) is 3.08. The first-order valence-electron chi connectivity index (χ1n) is 6.09. The van der Waals surface area contributed by atoms with Crippen LogP contribution in [0.5, 0.6) is 0 Å². The molecule has 1 aliphatic rings. The molecule has 114 valence electrons. The molecule has 0 bridgehead atoms. The SMILES string of the molecule is Cc1noc(COC2CN(CC(C)(O)C(F)(F)F)C2)n1. The van der Waals surface area contributed by atoms with Gasteiger partial charge in [-0.05, 0) is 13.8 Å². The van der Waals surface area contributed by atoms with Crippen molar-refractivity contribution in [1.29, 1.82) is 0 Å². The molecule has 2 rings (SSSR count). The minimum absolute atomic E-state index is 0.134. The molecule has 1 aromatic rings. The van der Waals surface area contributed by atoms with Crippen molar-refractivity contribution in [3.63, 3.8) is 0 Å². The molecular formula is C11H16F3N3O3. The van der Waals surface area contributed by atoms with E-state index in [2.05, 4.69) is 10.1 Å². The van der Waals surface area contributed by atoms with Crippen molar-refractivity contribution in [2.75, 3.05) is 19.6 Å². The number of rotatable bonds is 5. The lowest BCUT2D eigenvalue weighted by atomic mass is 10.0. The second-order valence-electron chi connectivity index (χ2n) is 5.13. The third kappa shape index (κ3) is 3.47.